The van der Waals surface area contributed by atoms with E-state index in [9.17, 15) is 18.7 Å². The summed E-state index contributed by atoms with van der Waals surface area (Å²) in [6, 6.07) is 7.83. The van der Waals surface area contributed by atoms with Gasteiger partial charge in [-0.3, -0.25) is 4.79 Å². The van der Waals surface area contributed by atoms with Crippen LogP contribution in [0.3, 0.4) is 0 Å². The van der Waals surface area contributed by atoms with Crippen LogP contribution in [0.1, 0.15) is 47.6 Å². The van der Waals surface area contributed by atoms with Crippen molar-refractivity contribution in [1.82, 2.24) is 20.3 Å². The van der Waals surface area contributed by atoms with Gasteiger partial charge >= 0.3 is 0 Å². The van der Waals surface area contributed by atoms with Crippen LogP contribution in [0.5, 0.6) is 0 Å². The molecule has 1 aliphatic carbocycles. The second kappa shape index (κ2) is 9.13. The van der Waals surface area contributed by atoms with E-state index in [1.165, 1.54) is 35.1 Å². The molecule has 0 radical (unpaired) electrons. The molecule has 4 rings (SSSR count). The van der Waals surface area contributed by atoms with E-state index in [-0.39, 0.29) is 46.9 Å². The third-order valence-electron chi connectivity index (χ3n) is 5.77. The first-order chi connectivity index (χ1) is 15.3. The van der Waals surface area contributed by atoms with Crippen molar-refractivity contribution in [2.45, 2.75) is 43.5 Å². The van der Waals surface area contributed by atoms with Crippen molar-refractivity contribution in [2.24, 2.45) is 0 Å². The first-order valence-electron chi connectivity index (χ1n) is 10.1. The Hall–Kier alpha value is -2.55. The highest BCUT2D eigenvalue weighted by molar-refractivity contribution is 6.34. The first-order valence-corrected chi connectivity index (χ1v) is 10.8. The molecule has 1 atom stereocenters. The number of rotatable bonds is 5. The van der Waals surface area contributed by atoms with Gasteiger partial charge < -0.3 is 10.4 Å². The molecule has 1 unspecified atom stereocenters. The summed E-state index contributed by atoms with van der Waals surface area (Å²) in [6.45, 7) is 0. The number of nitrogens with one attached hydrogen (secondary N) is 1. The van der Waals surface area contributed by atoms with Gasteiger partial charge in [-0.05, 0) is 55.5 Å². The third kappa shape index (κ3) is 4.48. The predicted molar refractivity (Wildman–Crippen MR) is 116 cm³/mol. The number of carbonyl (C=O) groups is 1. The lowest BCUT2D eigenvalue weighted by atomic mass is 9.76. The minimum Gasteiger partial charge on any atom is -0.387 e. The summed E-state index contributed by atoms with van der Waals surface area (Å²) >= 11 is 12.5. The van der Waals surface area contributed by atoms with Gasteiger partial charge in [0, 0.05) is 0 Å². The lowest BCUT2D eigenvalue weighted by Crippen LogP contribution is -2.48. The summed E-state index contributed by atoms with van der Waals surface area (Å²) in [5.41, 5.74) is -0.622. The normalized spacial score (nSPS) is 21.8. The largest absolute Gasteiger partial charge is 0.387 e. The fourth-order valence-electron chi connectivity index (χ4n) is 4.00. The highest BCUT2D eigenvalue weighted by Gasteiger charge is 2.43. The number of carbonyl (C=O) groups excluding carboxylic acids is 1. The average molecular weight is 481 g/mol. The molecule has 1 saturated carbocycles. The van der Waals surface area contributed by atoms with Crippen LogP contribution in [0.15, 0.2) is 48.8 Å². The second-order valence-corrected chi connectivity index (χ2v) is 8.62. The van der Waals surface area contributed by atoms with E-state index in [2.05, 4.69) is 15.6 Å². The quantitative estimate of drug-likeness (QED) is 0.548. The molecule has 6 nitrogen and oxygen atoms in total. The van der Waals surface area contributed by atoms with Crippen LogP contribution in [0.4, 0.5) is 8.78 Å². The Morgan fingerprint density at radius 3 is 2.69 bits per heavy atom. The highest BCUT2D eigenvalue weighted by Crippen LogP contribution is 2.42. The minimum atomic E-state index is -1.51. The molecule has 1 aliphatic rings. The van der Waals surface area contributed by atoms with Crippen LogP contribution in [0, 0.1) is 5.82 Å². The van der Waals surface area contributed by atoms with E-state index in [1.54, 1.807) is 18.3 Å². The maximum Gasteiger partial charge on any atom is 0.253 e. The van der Waals surface area contributed by atoms with Gasteiger partial charge in [0.1, 0.15) is 12.0 Å². The van der Waals surface area contributed by atoms with Crippen molar-refractivity contribution >= 4 is 29.1 Å². The molecular formula is C22H20Cl2F2N4O2. The van der Waals surface area contributed by atoms with E-state index in [1.807, 2.05) is 0 Å². The van der Waals surface area contributed by atoms with Crippen LogP contribution in [-0.4, -0.2) is 37.8 Å². The van der Waals surface area contributed by atoms with E-state index in [0.29, 0.717) is 5.69 Å². The van der Waals surface area contributed by atoms with Crippen molar-refractivity contribution < 1.29 is 18.7 Å². The number of hydrogen-bond acceptors (Lipinski definition) is 4. The number of aromatic nitrogens is 3. The smallest absolute Gasteiger partial charge is 0.253 e. The lowest BCUT2D eigenvalue weighted by Gasteiger charge is -2.41. The number of alkyl halides is 1. The summed E-state index contributed by atoms with van der Waals surface area (Å²) in [5.74, 6) is -1.28. The van der Waals surface area contributed by atoms with E-state index >= 15 is 0 Å². The Balaban J connectivity index is 1.71. The molecule has 0 aliphatic heterocycles. The molecule has 0 spiro atoms. The third-order valence-corrected chi connectivity index (χ3v) is 6.50. The Morgan fingerprint density at radius 2 is 2.00 bits per heavy atom. The fourth-order valence-corrected chi connectivity index (χ4v) is 4.44. The molecule has 0 saturated heterocycles. The molecule has 10 heteroatoms. The standard InChI is InChI=1S/C22H20Cl2F2N4O2/c23-17-5-4-14(30-11-10-27-29-30)12-16(17)21(31)28-20(15-2-1-3-18(26)19(15)24)22(32)8-6-13(25)7-9-22/h1-5,10-13,20,32H,6-9H2,(H,28,31)/t13-,20?,22-. The Bertz CT molecular complexity index is 1120. The van der Waals surface area contributed by atoms with Crippen LogP contribution < -0.4 is 5.32 Å². The van der Waals surface area contributed by atoms with Gasteiger partial charge in [0.2, 0.25) is 0 Å². The second-order valence-electron chi connectivity index (χ2n) is 7.84. The van der Waals surface area contributed by atoms with Gasteiger partial charge in [0.25, 0.3) is 5.91 Å². The van der Waals surface area contributed by atoms with Crippen LogP contribution in [0.25, 0.3) is 5.69 Å². The van der Waals surface area contributed by atoms with Gasteiger partial charge in [-0.25, -0.2) is 13.5 Å². The van der Waals surface area contributed by atoms with Crippen LogP contribution in [0.2, 0.25) is 10.0 Å². The van der Waals surface area contributed by atoms with Gasteiger partial charge in [-0.15, -0.1) is 5.10 Å². The molecule has 3 aromatic rings. The van der Waals surface area contributed by atoms with Crippen molar-refractivity contribution in [3.05, 3.63) is 75.8 Å². The number of nitrogens with zero attached hydrogens (tertiary/aromatic N) is 3. The van der Waals surface area contributed by atoms with Crippen LogP contribution >= 0.6 is 23.2 Å². The zero-order chi connectivity index (χ0) is 22.9. The fraction of sp³-hybridized carbons (Fsp3) is 0.318. The maximum absolute atomic E-state index is 14.2. The zero-order valence-electron chi connectivity index (χ0n) is 16.8. The summed E-state index contributed by atoms with van der Waals surface area (Å²) < 4.78 is 29.4. The molecule has 2 N–H and O–H groups in total. The Labute approximate surface area is 193 Å². The highest BCUT2D eigenvalue weighted by atomic mass is 35.5. The molecule has 1 aromatic heterocycles. The van der Waals surface area contributed by atoms with Gasteiger partial charge in [-0.2, -0.15) is 0 Å². The number of aliphatic hydroxyl groups is 1. The number of amides is 1. The van der Waals surface area contributed by atoms with Crippen LogP contribution in [-0.2, 0) is 0 Å². The molecular weight excluding hydrogens is 461 g/mol. The maximum atomic E-state index is 14.2. The summed E-state index contributed by atoms with van der Waals surface area (Å²) in [4.78, 5) is 13.3. The SMILES string of the molecule is O=C(NC(c1cccc(F)c1Cl)[C@]1(O)CC[C@H](F)CC1)c1cc(-n2ccnn2)ccc1Cl. The Kier molecular flexibility index (Phi) is 6.46. The van der Waals surface area contributed by atoms with E-state index in [0.717, 1.165) is 0 Å². The zero-order valence-corrected chi connectivity index (χ0v) is 18.3. The monoisotopic (exact) mass is 480 g/mol. The molecule has 1 heterocycles. The first kappa shape index (κ1) is 22.6. The summed E-state index contributed by atoms with van der Waals surface area (Å²) in [7, 11) is 0. The van der Waals surface area contributed by atoms with Crippen molar-refractivity contribution in [3.8, 4) is 5.69 Å². The topological polar surface area (TPSA) is 80.0 Å². The molecule has 168 valence electrons. The molecule has 0 bridgehead atoms. The van der Waals surface area contributed by atoms with E-state index in [4.69, 9.17) is 23.2 Å². The number of halogens is 4. The number of benzene rings is 2. The number of hydrogen-bond donors (Lipinski definition) is 2. The molecule has 1 fully saturated rings. The van der Waals surface area contributed by atoms with Gasteiger partial charge in [0.15, 0.2) is 0 Å². The molecule has 2 aromatic carbocycles. The Morgan fingerprint density at radius 1 is 1.25 bits per heavy atom. The van der Waals surface area contributed by atoms with Crippen molar-refractivity contribution in [3.63, 3.8) is 0 Å². The molecule has 1 amide bonds. The molecule has 32 heavy (non-hydrogen) atoms. The lowest BCUT2D eigenvalue weighted by molar-refractivity contribution is -0.0445. The van der Waals surface area contributed by atoms with Gasteiger partial charge in [-0.1, -0.05) is 40.5 Å². The van der Waals surface area contributed by atoms with E-state index < -0.39 is 29.5 Å². The minimum absolute atomic E-state index is 0.0820. The van der Waals surface area contributed by atoms with Crippen molar-refractivity contribution in [1.29, 1.82) is 0 Å². The van der Waals surface area contributed by atoms with Gasteiger partial charge in [0.05, 0.1) is 45.3 Å². The summed E-state index contributed by atoms with van der Waals surface area (Å²) in [6.07, 6.45) is 2.47. The predicted octanol–water partition coefficient (Wildman–Crippen LogP) is 4.83. The average Bonchev–Trinajstić information content (AvgIpc) is 3.31. The van der Waals surface area contributed by atoms with Crippen molar-refractivity contribution in [2.75, 3.05) is 0 Å². The summed E-state index contributed by atoms with van der Waals surface area (Å²) in [5, 5.41) is 21.7.